The molecule has 4 amide bonds. The minimum absolute atomic E-state index is 0.101. The molecule has 2 aliphatic heterocycles. The molecule has 1 fully saturated rings. The lowest BCUT2D eigenvalue weighted by molar-refractivity contribution is -0.136. The molecule has 7 heteroatoms. The molecule has 0 spiro atoms. The Bertz CT molecular complexity index is 1050. The van der Waals surface area contributed by atoms with Crippen LogP contribution >= 0.6 is 0 Å². The zero-order valence-corrected chi connectivity index (χ0v) is 16.3. The predicted molar refractivity (Wildman–Crippen MR) is 106 cm³/mol. The highest BCUT2D eigenvalue weighted by atomic mass is 16.2. The minimum atomic E-state index is -0.963. The lowest BCUT2D eigenvalue weighted by Gasteiger charge is -2.28. The van der Waals surface area contributed by atoms with Crippen molar-refractivity contribution in [2.45, 2.75) is 32.4 Å². The zero-order valence-electron chi connectivity index (χ0n) is 16.3. The van der Waals surface area contributed by atoms with Gasteiger partial charge < -0.3 is 4.90 Å². The van der Waals surface area contributed by atoms with Gasteiger partial charge in [0, 0.05) is 20.0 Å². The van der Waals surface area contributed by atoms with E-state index in [1.807, 2.05) is 43.1 Å². The van der Waals surface area contributed by atoms with E-state index in [0.29, 0.717) is 17.8 Å². The first-order chi connectivity index (χ1) is 13.9. The Balaban J connectivity index is 1.67. The molecule has 2 aliphatic rings. The van der Waals surface area contributed by atoms with Crippen molar-refractivity contribution in [3.63, 3.8) is 0 Å². The maximum Gasteiger partial charge on any atom is 0.264 e. The largest absolute Gasteiger partial charge is 0.370 e. The van der Waals surface area contributed by atoms with Crippen LogP contribution in [0.3, 0.4) is 0 Å². The molecule has 0 aliphatic carbocycles. The van der Waals surface area contributed by atoms with Gasteiger partial charge in [-0.2, -0.15) is 0 Å². The third-order valence-electron chi connectivity index (χ3n) is 5.53. The van der Waals surface area contributed by atoms with E-state index in [2.05, 4.69) is 5.32 Å². The molecule has 2 heterocycles. The summed E-state index contributed by atoms with van der Waals surface area (Å²) in [7, 11) is 1.87. The number of fused-ring (bicyclic) bond motifs is 1. The van der Waals surface area contributed by atoms with E-state index in [-0.39, 0.29) is 24.3 Å². The van der Waals surface area contributed by atoms with Gasteiger partial charge in [0.05, 0.1) is 16.8 Å². The van der Waals surface area contributed by atoms with Crippen molar-refractivity contribution in [1.82, 2.24) is 10.2 Å². The fourth-order valence-corrected chi connectivity index (χ4v) is 3.94. The Kier molecular flexibility index (Phi) is 4.66. The van der Waals surface area contributed by atoms with Crippen LogP contribution in [0.2, 0.25) is 0 Å². The molecule has 4 rings (SSSR count). The Labute approximate surface area is 168 Å². The van der Waals surface area contributed by atoms with Crippen molar-refractivity contribution in [3.05, 3.63) is 64.7 Å². The van der Waals surface area contributed by atoms with Gasteiger partial charge in [-0.25, -0.2) is 0 Å². The van der Waals surface area contributed by atoms with Crippen molar-refractivity contribution in [2.75, 3.05) is 11.9 Å². The first-order valence-electron chi connectivity index (χ1n) is 9.48. The monoisotopic (exact) mass is 391 g/mol. The molecule has 1 unspecified atom stereocenters. The molecular formula is C22H21N3O4. The van der Waals surface area contributed by atoms with Crippen LogP contribution in [0.25, 0.3) is 0 Å². The van der Waals surface area contributed by atoms with Crippen LogP contribution in [-0.2, 0) is 16.1 Å². The number of rotatable bonds is 4. The lowest BCUT2D eigenvalue weighted by Crippen LogP contribution is -2.54. The Morgan fingerprint density at radius 2 is 1.79 bits per heavy atom. The molecule has 148 valence electrons. The minimum Gasteiger partial charge on any atom is -0.370 e. The van der Waals surface area contributed by atoms with Gasteiger partial charge >= 0.3 is 0 Å². The van der Waals surface area contributed by atoms with E-state index >= 15 is 0 Å². The number of carbonyl (C=O) groups excluding carboxylic acids is 4. The molecule has 1 saturated heterocycles. The van der Waals surface area contributed by atoms with E-state index in [0.717, 1.165) is 16.0 Å². The molecule has 2 aromatic carbocycles. The van der Waals surface area contributed by atoms with E-state index in [1.165, 1.54) is 0 Å². The van der Waals surface area contributed by atoms with E-state index < -0.39 is 23.8 Å². The van der Waals surface area contributed by atoms with Crippen LogP contribution in [0.15, 0.2) is 42.5 Å². The molecule has 2 aromatic rings. The standard InChI is InChI=1S/C22H21N3O4/c1-13-6-3-4-7-14(13)12-24(2)16-9-5-8-15-19(16)22(29)25(21(15)28)17-10-11-18(26)23-20(17)27/h3-9,17H,10-12H2,1-2H3,(H,23,26,27). The van der Waals surface area contributed by atoms with Crippen molar-refractivity contribution < 1.29 is 19.2 Å². The average Bonchev–Trinajstić information content (AvgIpc) is 2.95. The molecule has 7 nitrogen and oxygen atoms in total. The fraction of sp³-hybridized carbons (Fsp3) is 0.273. The summed E-state index contributed by atoms with van der Waals surface area (Å²) in [6.45, 7) is 2.60. The first kappa shape index (κ1) is 18.9. The Morgan fingerprint density at radius 3 is 2.52 bits per heavy atom. The summed E-state index contributed by atoms with van der Waals surface area (Å²) in [6, 6.07) is 12.2. The van der Waals surface area contributed by atoms with Gasteiger partial charge in [0.15, 0.2) is 0 Å². The number of piperidine rings is 1. The van der Waals surface area contributed by atoms with E-state index in [1.54, 1.807) is 18.2 Å². The normalized spacial score (nSPS) is 18.7. The van der Waals surface area contributed by atoms with Gasteiger partial charge in [-0.1, -0.05) is 30.3 Å². The van der Waals surface area contributed by atoms with Crippen LogP contribution in [-0.4, -0.2) is 41.6 Å². The van der Waals surface area contributed by atoms with Gasteiger partial charge in [0.1, 0.15) is 6.04 Å². The highest BCUT2D eigenvalue weighted by Gasteiger charge is 2.45. The number of amides is 4. The van der Waals surface area contributed by atoms with Gasteiger partial charge in [0.25, 0.3) is 11.8 Å². The summed E-state index contributed by atoms with van der Waals surface area (Å²) in [5.41, 5.74) is 3.48. The van der Waals surface area contributed by atoms with Crippen LogP contribution in [0, 0.1) is 6.92 Å². The third kappa shape index (κ3) is 3.18. The number of hydrogen-bond donors (Lipinski definition) is 1. The van der Waals surface area contributed by atoms with E-state index in [9.17, 15) is 19.2 Å². The fourth-order valence-electron chi connectivity index (χ4n) is 3.94. The summed E-state index contributed by atoms with van der Waals surface area (Å²) >= 11 is 0. The predicted octanol–water partition coefficient (Wildman–Crippen LogP) is 2.03. The van der Waals surface area contributed by atoms with Crippen LogP contribution < -0.4 is 10.2 Å². The molecule has 1 atom stereocenters. The van der Waals surface area contributed by atoms with Gasteiger partial charge in [-0.15, -0.1) is 0 Å². The Morgan fingerprint density at radius 1 is 1.03 bits per heavy atom. The second-order valence-electron chi connectivity index (χ2n) is 7.43. The van der Waals surface area contributed by atoms with E-state index in [4.69, 9.17) is 0 Å². The van der Waals surface area contributed by atoms with Crippen molar-refractivity contribution in [2.24, 2.45) is 0 Å². The molecule has 1 N–H and O–H groups in total. The van der Waals surface area contributed by atoms with Gasteiger partial charge in [-0.05, 0) is 36.6 Å². The summed E-state index contributed by atoms with van der Waals surface area (Å²) in [5, 5.41) is 2.22. The Hall–Kier alpha value is -3.48. The number of anilines is 1. The van der Waals surface area contributed by atoms with Crippen LogP contribution in [0.1, 0.15) is 44.7 Å². The second-order valence-corrected chi connectivity index (χ2v) is 7.43. The number of imide groups is 2. The molecule has 0 radical (unpaired) electrons. The highest BCUT2D eigenvalue weighted by Crippen LogP contribution is 2.34. The number of aryl methyl sites for hydroxylation is 1. The summed E-state index contributed by atoms with van der Waals surface area (Å²) in [6.07, 6.45) is 0.244. The number of carbonyl (C=O) groups is 4. The summed E-state index contributed by atoms with van der Waals surface area (Å²) < 4.78 is 0. The average molecular weight is 391 g/mol. The maximum absolute atomic E-state index is 13.2. The first-order valence-corrected chi connectivity index (χ1v) is 9.48. The number of hydrogen-bond acceptors (Lipinski definition) is 5. The number of nitrogens with one attached hydrogen (secondary N) is 1. The molecule has 0 bridgehead atoms. The maximum atomic E-state index is 13.2. The molecule has 0 aromatic heterocycles. The quantitative estimate of drug-likeness (QED) is 0.806. The summed E-state index contributed by atoms with van der Waals surface area (Å²) in [5.74, 6) is -1.98. The van der Waals surface area contributed by atoms with Crippen LogP contribution in [0.4, 0.5) is 5.69 Å². The second kappa shape index (κ2) is 7.16. The van der Waals surface area contributed by atoms with Gasteiger partial charge in [0.2, 0.25) is 11.8 Å². The smallest absolute Gasteiger partial charge is 0.264 e. The van der Waals surface area contributed by atoms with Crippen molar-refractivity contribution in [3.8, 4) is 0 Å². The van der Waals surface area contributed by atoms with Crippen molar-refractivity contribution >= 4 is 29.3 Å². The van der Waals surface area contributed by atoms with Gasteiger partial charge in [-0.3, -0.25) is 29.4 Å². The number of nitrogens with zero attached hydrogens (tertiary/aromatic N) is 2. The van der Waals surface area contributed by atoms with Crippen LogP contribution in [0.5, 0.6) is 0 Å². The SMILES string of the molecule is Cc1ccccc1CN(C)c1cccc2c1C(=O)N(C1CCC(=O)NC1=O)C2=O. The third-order valence-corrected chi connectivity index (χ3v) is 5.53. The molecule has 29 heavy (non-hydrogen) atoms. The topological polar surface area (TPSA) is 86.8 Å². The van der Waals surface area contributed by atoms with Crippen molar-refractivity contribution in [1.29, 1.82) is 0 Å². The molecular weight excluding hydrogens is 370 g/mol. The summed E-state index contributed by atoms with van der Waals surface area (Å²) in [4.78, 5) is 52.7. The lowest BCUT2D eigenvalue weighted by atomic mass is 10.0. The zero-order chi connectivity index (χ0) is 20.7. The molecule has 0 saturated carbocycles. The highest BCUT2D eigenvalue weighted by molar-refractivity contribution is 6.25. The number of benzene rings is 2.